The van der Waals surface area contributed by atoms with Crippen LogP contribution in [0.5, 0.6) is 0 Å². The topological polar surface area (TPSA) is 6.48 Å². The lowest BCUT2D eigenvalue weighted by Gasteiger charge is -2.56. The predicted octanol–water partition coefficient (Wildman–Crippen LogP) is 9.39. The summed E-state index contributed by atoms with van der Waals surface area (Å²) in [5.74, 6) is 2.29. The number of nitrogens with zero attached hydrogens (tertiary/aromatic N) is 2. The van der Waals surface area contributed by atoms with Crippen molar-refractivity contribution >= 4 is 11.4 Å². The summed E-state index contributed by atoms with van der Waals surface area (Å²) >= 11 is 0. The maximum absolute atomic E-state index is 3.14. The van der Waals surface area contributed by atoms with Crippen molar-refractivity contribution in [3.8, 4) is 0 Å². The minimum atomic E-state index is 0.165. The van der Waals surface area contributed by atoms with E-state index in [9.17, 15) is 0 Å². The molecule has 0 spiro atoms. The van der Waals surface area contributed by atoms with Gasteiger partial charge in [-0.15, -0.1) is 0 Å². The van der Waals surface area contributed by atoms with E-state index in [1.165, 1.54) is 107 Å². The summed E-state index contributed by atoms with van der Waals surface area (Å²) in [6.07, 6.45) is 20.2. The highest BCUT2D eigenvalue weighted by molar-refractivity contribution is 5.83. The van der Waals surface area contributed by atoms with Crippen LogP contribution >= 0.6 is 0 Å². The molecule has 196 valence electrons. The molecule has 5 aliphatic rings. The summed E-state index contributed by atoms with van der Waals surface area (Å²) in [5.41, 5.74) is 9.39. The molecule has 2 heterocycles. The first-order valence-corrected chi connectivity index (χ1v) is 15.7. The number of hydrogen-bond donors (Lipinski definition) is 0. The molecule has 1 unspecified atom stereocenters. The third kappa shape index (κ3) is 3.50. The van der Waals surface area contributed by atoms with Crippen LogP contribution in [0.4, 0.5) is 5.69 Å². The second kappa shape index (κ2) is 9.51. The summed E-state index contributed by atoms with van der Waals surface area (Å²) in [5, 5.41) is 0. The fourth-order valence-electron chi connectivity index (χ4n) is 9.72. The van der Waals surface area contributed by atoms with Gasteiger partial charge in [-0.1, -0.05) is 93.8 Å². The Morgan fingerprint density at radius 2 is 1.22 bits per heavy atom. The second-order valence-corrected chi connectivity index (χ2v) is 13.0. The van der Waals surface area contributed by atoms with Crippen LogP contribution in [0.2, 0.25) is 0 Å². The molecule has 2 aromatic rings. The second-order valence-electron chi connectivity index (χ2n) is 13.0. The molecular weight excluding hydrogens is 448 g/mol. The standard InChI is InChI=1S/C35H46N2/c1-25-15-9-14-24-32(25)36-26(2)33-30-22-12-13-23-31(30)35(28-18-5-3-6-19-28,29-20-7-4-8-21-29)37(33)34(36)27-16-10-11-17-27/h9,12-15,22-24,27-29,34H,3-8,10-11,16-21H2,1-2H3. The van der Waals surface area contributed by atoms with Gasteiger partial charge in [0.05, 0.1) is 11.2 Å². The van der Waals surface area contributed by atoms with Gasteiger partial charge in [0.25, 0.3) is 0 Å². The number of hydrogen-bond acceptors (Lipinski definition) is 2. The molecule has 0 radical (unpaired) electrons. The van der Waals surface area contributed by atoms with Crippen molar-refractivity contribution in [3.63, 3.8) is 0 Å². The molecule has 3 aliphatic carbocycles. The molecule has 2 aliphatic heterocycles. The van der Waals surface area contributed by atoms with Gasteiger partial charge in [-0.25, -0.2) is 0 Å². The zero-order valence-corrected chi connectivity index (χ0v) is 23.2. The minimum absolute atomic E-state index is 0.165. The third-order valence-electron chi connectivity index (χ3n) is 11.1. The zero-order chi connectivity index (χ0) is 25.0. The van der Waals surface area contributed by atoms with E-state index >= 15 is 0 Å². The summed E-state index contributed by atoms with van der Waals surface area (Å²) in [7, 11) is 0. The molecule has 2 heteroatoms. The van der Waals surface area contributed by atoms with E-state index in [4.69, 9.17) is 0 Å². The van der Waals surface area contributed by atoms with E-state index in [-0.39, 0.29) is 5.54 Å². The SMILES string of the molecule is CC1=C2c3ccccc3C(C3CCCCC3)(C3CCCCC3)N2C(C2CCCC2)N1c1ccccc1C. The van der Waals surface area contributed by atoms with Gasteiger partial charge >= 0.3 is 0 Å². The molecule has 3 fully saturated rings. The number of benzene rings is 2. The molecular formula is C35H46N2. The number of allylic oxidation sites excluding steroid dienone is 1. The zero-order valence-electron chi connectivity index (χ0n) is 23.2. The molecule has 1 atom stereocenters. The first kappa shape index (κ1) is 23.9. The number of rotatable bonds is 4. The average molecular weight is 495 g/mol. The lowest BCUT2D eigenvalue weighted by Crippen LogP contribution is -2.59. The lowest BCUT2D eigenvalue weighted by molar-refractivity contribution is -0.0342. The summed E-state index contributed by atoms with van der Waals surface area (Å²) in [4.78, 5) is 5.97. The van der Waals surface area contributed by atoms with Crippen LogP contribution in [0.3, 0.4) is 0 Å². The first-order chi connectivity index (χ1) is 18.2. The first-order valence-electron chi connectivity index (χ1n) is 15.7. The van der Waals surface area contributed by atoms with Gasteiger partial charge in [-0.3, -0.25) is 0 Å². The van der Waals surface area contributed by atoms with E-state index in [1.54, 1.807) is 16.8 Å². The quantitative estimate of drug-likeness (QED) is 0.418. The highest BCUT2D eigenvalue weighted by Gasteiger charge is 2.62. The largest absolute Gasteiger partial charge is 0.338 e. The van der Waals surface area contributed by atoms with Gasteiger partial charge in [-0.2, -0.15) is 0 Å². The Hall–Kier alpha value is -2.22. The van der Waals surface area contributed by atoms with E-state index in [2.05, 4.69) is 72.2 Å². The average Bonchev–Trinajstić information content (AvgIpc) is 3.65. The number of aryl methyl sites for hydroxylation is 1. The Kier molecular flexibility index (Phi) is 6.13. The predicted molar refractivity (Wildman–Crippen MR) is 155 cm³/mol. The Bertz CT molecular complexity index is 1140. The van der Waals surface area contributed by atoms with Gasteiger partial charge in [0, 0.05) is 16.9 Å². The molecule has 3 saturated carbocycles. The van der Waals surface area contributed by atoms with E-state index in [0.717, 1.165) is 17.8 Å². The van der Waals surface area contributed by atoms with Crippen molar-refractivity contribution < 1.29 is 0 Å². The summed E-state index contributed by atoms with van der Waals surface area (Å²) < 4.78 is 0. The Morgan fingerprint density at radius 1 is 0.649 bits per heavy atom. The van der Waals surface area contributed by atoms with Crippen LogP contribution in [0, 0.1) is 24.7 Å². The number of fused-ring (bicyclic) bond motifs is 3. The Labute approximate surface area is 225 Å². The highest BCUT2D eigenvalue weighted by Crippen LogP contribution is 2.64. The highest BCUT2D eigenvalue weighted by atomic mass is 15.5. The monoisotopic (exact) mass is 494 g/mol. The van der Waals surface area contributed by atoms with Crippen molar-refractivity contribution in [2.75, 3.05) is 4.90 Å². The molecule has 2 aromatic carbocycles. The van der Waals surface area contributed by atoms with Crippen molar-refractivity contribution in [2.45, 2.75) is 115 Å². The van der Waals surface area contributed by atoms with Crippen LogP contribution in [-0.2, 0) is 5.54 Å². The maximum Gasteiger partial charge on any atom is 0.110 e. The van der Waals surface area contributed by atoms with Crippen LogP contribution in [0.25, 0.3) is 5.70 Å². The summed E-state index contributed by atoms with van der Waals surface area (Å²) in [6, 6.07) is 18.9. The number of anilines is 1. The molecule has 37 heavy (non-hydrogen) atoms. The molecule has 0 amide bonds. The van der Waals surface area contributed by atoms with E-state index < -0.39 is 0 Å². The van der Waals surface area contributed by atoms with Gasteiger partial charge in [0.1, 0.15) is 6.17 Å². The van der Waals surface area contributed by atoms with Crippen LogP contribution < -0.4 is 4.90 Å². The van der Waals surface area contributed by atoms with Gasteiger partial charge < -0.3 is 9.80 Å². The minimum Gasteiger partial charge on any atom is -0.338 e. The molecule has 0 saturated heterocycles. The van der Waals surface area contributed by atoms with Gasteiger partial charge in [0.2, 0.25) is 0 Å². The maximum atomic E-state index is 3.14. The van der Waals surface area contributed by atoms with Crippen molar-refractivity contribution in [3.05, 3.63) is 70.9 Å². The third-order valence-corrected chi connectivity index (χ3v) is 11.1. The molecule has 7 rings (SSSR count). The molecule has 0 bridgehead atoms. The van der Waals surface area contributed by atoms with Gasteiger partial charge in [-0.05, 0) is 87.3 Å². The van der Waals surface area contributed by atoms with Crippen molar-refractivity contribution in [1.29, 1.82) is 0 Å². The normalized spacial score (nSPS) is 26.7. The van der Waals surface area contributed by atoms with E-state index in [1.807, 2.05) is 0 Å². The lowest BCUT2D eigenvalue weighted by atomic mass is 9.61. The number of para-hydroxylation sites is 1. The summed E-state index contributed by atoms with van der Waals surface area (Å²) in [6.45, 7) is 4.78. The Morgan fingerprint density at radius 3 is 1.86 bits per heavy atom. The Balaban J connectivity index is 1.50. The fraction of sp³-hybridized carbons (Fsp3) is 0.600. The van der Waals surface area contributed by atoms with Gasteiger partial charge in [0.15, 0.2) is 0 Å². The fourth-order valence-corrected chi connectivity index (χ4v) is 9.72. The molecule has 2 nitrogen and oxygen atoms in total. The molecule has 0 aromatic heterocycles. The van der Waals surface area contributed by atoms with Crippen molar-refractivity contribution in [1.82, 2.24) is 4.90 Å². The van der Waals surface area contributed by atoms with Crippen LogP contribution in [-0.4, -0.2) is 11.1 Å². The molecule has 0 N–H and O–H groups in total. The van der Waals surface area contributed by atoms with Crippen molar-refractivity contribution in [2.24, 2.45) is 17.8 Å². The van der Waals surface area contributed by atoms with Crippen LogP contribution in [0.1, 0.15) is 114 Å². The van der Waals surface area contributed by atoms with E-state index in [0.29, 0.717) is 6.17 Å². The van der Waals surface area contributed by atoms with Crippen LogP contribution in [0.15, 0.2) is 54.2 Å². The smallest absolute Gasteiger partial charge is 0.110 e.